The summed E-state index contributed by atoms with van der Waals surface area (Å²) in [5.41, 5.74) is 0. The Hall–Kier alpha value is -0.605. The van der Waals surface area contributed by atoms with Gasteiger partial charge in [-0.25, -0.2) is 0 Å². The van der Waals surface area contributed by atoms with Crippen molar-refractivity contribution >= 4 is 29.7 Å². The van der Waals surface area contributed by atoms with Gasteiger partial charge in [-0.05, 0) is 38.5 Å². The van der Waals surface area contributed by atoms with Crippen molar-refractivity contribution in [1.29, 1.82) is 0 Å². The van der Waals surface area contributed by atoms with Crippen LogP contribution in [0.4, 0.5) is 0 Å². The van der Waals surface area contributed by atoms with Crippen molar-refractivity contribution < 1.29 is 4.79 Å². The Morgan fingerprint density at radius 2 is 1.88 bits per heavy atom. The monoisotopic (exact) mass is 251 g/mol. The normalized spacial score (nSPS) is 11.7. The lowest BCUT2D eigenvalue weighted by atomic mass is 10.1. The molecule has 0 atom stereocenters. The molecule has 0 spiro atoms. The van der Waals surface area contributed by atoms with Gasteiger partial charge in [0.25, 0.3) is 0 Å². The summed E-state index contributed by atoms with van der Waals surface area (Å²) < 4.78 is 1.21. The van der Waals surface area contributed by atoms with Crippen molar-refractivity contribution in [1.82, 2.24) is 4.90 Å². The quantitative estimate of drug-likeness (QED) is 0.566. The number of nitrogens with zero attached hydrogens (tertiary/aromatic N) is 1. The van der Waals surface area contributed by atoms with E-state index in [0.717, 1.165) is 11.4 Å². The lowest BCUT2D eigenvalue weighted by molar-refractivity contribution is 0.0944. The first kappa shape index (κ1) is 14.5. The van der Waals surface area contributed by atoms with Gasteiger partial charge in [0.15, 0.2) is 13.6 Å². The van der Waals surface area contributed by atoms with Crippen molar-refractivity contribution in [2.45, 2.75) is 46.2 Å². The summed E-state index contributed by atoms with van der Waals surface area (Å²) in [5, 5.41) is 0. The molecule has 1 rings (SSSR count). The topological polar surface area (TPSA) is 20.3 Å². The van der Waals surface area contributed by atoms with Gasteiger partial charge in [0.05, 0.1) is 4.88 Å². The standard InChI is InChI=1S/C13H22BNOS/c1-9(2)15(10(3)4)8-7-11(16)12-5-6-13(14)17-12/h5-6,9-10H,7-8,14H2,1-4H3. The van der Waals surface area contributed by atoms with Crippen LogP contribution in [0.15, 0.2) is 12.1 Å². The van der Waals surface area contributed by atoms with Crippen LogP contribution in [-0.2, 0) is 0 Å². The Kier molecular flexibility index (Phi) is 5.41. The Morgan fingerprint density at radius 3 is 2.29 bits per heavy atom. The number of carbonyl (C=O) groups is 1. The molecule has 1 heterocycles. The van der Waals surface area contributed by atoms with Crippen LogP contribution in [-0.4, -0.2) is 37.2 Å². The van der Waals surface area contributed by atoms with Gasteiger partial charge < -0.3 is 0 Å². The van der Waals surface area contributed by atoms with Gasteiger partial charge in [0.1, 0.15) is 0 Å². The second kappa shape index (κ2) is 6.36. The first-order chi connectivity index (χ1) is 7.91. The fraction of sp³-hybridized carbons (Fsp3) is 0.615. The van der Waals surface area contributed by atoms with Crippen LogP contribution in [0.3, 0.4) is 0 Å². The molecule has 4 heteroatoms. The first-order valence-electron chi connectivity index (χ1n) is 6.27. The predicted octanol–water partition coefficient (Wildman–Crippen LogP) is 1.70. The van der Waals surface area contributed by atoms with Gasteiger partial charge in [-0.1, -0.05) is 6.07 Å². The zero-order valence-electron chi connectivity index (χ0n) is 11.5. The van der Waals surface area contributed by atoms with Crippen molar-refractivity contribution in [3.63, 3.8) is 0 Å². The second-order valence-electron chi connectivity index (χ2n) is 5.01. The molecule has 0 unspecified atom stereocenters. The predicted molar refractivity (Wildman–Crippen MR) is 78.4 cm³/mol. The fourth-order valence-electron chi connectivity index (χ4n) is 2.05. The minimum absolute atomic E-state index is 0.273. The molecule has 0 N–H and O–H groups in total. The van der Waals surface area contributed by atoms with E-state index in [0.29, 0.717) is 18.5 Å². The molecule has 1 aromatic heterocycles. The highest BCUT2D eigenvalue weighted by molar-refractivity contribution is 7.21. The second-order valence-corrected chi connectivity index (χ2v) is 6.30. The summed E-state index contributed by atoms with van der Waals surface area (Å²) >= 11 is 1.60. The Labute approximate surface area is 109 Å². The summed E-state index contributed by atoms with van der Waals surface area (Å²) in [6.07, 6.45) is 0.621. The molecule has 1 aromatic rings. The van der Waals surface area contributed by atoms with Crippen LogP contribution < -0.4 is 4.78 Å². The van der Waals surface area contributed by atoms with Crippen molar-refractivity contribution in [2.75, 3.05) is 6.54 Å². The molecular weight excluding hydrogens is 229 g/mol. The number of ketones is 1. The van der Waals surface area contributed by atoms with E-state index in [1.165, 1.54) is 4.78 Å². The number of rotatable bonds is 6. The van der Waals surface area contributed by atoms with Crippen LogP contribution in [0.2, 0.25) is 0 Å². The van der Waals surface area contributed by atoms with Crippen molar-refractivity contribution in [3.05, 3.63) is 17.0 Å². The molecule has 0 aromatic carbocycles. The van der Waals surface area contributed by atoms with Crippen LogP contribution in [0.1, 0.15) is 43.8 Å². The van der Waals surface area contributed by atoms with Crippen LogP contribution >= 0.6 is 11.3 Å². The van der Waals surface area contributed by atoms with Crippen molar-refractivity contribution in [3.8, 4) is 0 Å². The third-order valence-electron chi connectivity index (χ3n) is 2.94. The van der Waals surface area contributed by atoms with E-state index in [1.807, 2.05) is 20.0 Å². The zero-order valence-corrected chi connectivity index (χ0v) is 12.3. The van der Waals surface area contributed by atoms with Crippen LogP contribution in [0, 0.1) is 0 Å². The smallest absolute Gasteiger partial charge is 0.174 e. The number of Topliss-reactive ketones (excluding diaryl/α,β-unsaturated/α-hetero) is 1. The first-order valence-corrected chi connectivity index (χ1v) is 7.09. The maximum absolute atomic E-state index is 12.0. The zero-order chi connectivity index (χ0) is 13.0. The van der Waals surface area contributed by atoms with Gasteiger partial charge >= 0.3 is 0 Å². The van der Waals surface area contributed by atoms with Gasteiger partial charge in [-0.15, -0.1) is 11.3 Å². The van der Waals surface area contributed by atoms with E-state index in [4.69, 9.17) is 0 Å². The summed E-state index contributed by atoms with van der Waals surface area (Å²) in [5.74, 6) is 0.273. The highest BCUT2D eigenvalue weighted by atomic mass is 32.1. The number of thiophene rings is 1. The maximum atomic E-state index is 12.0. The Balaban J connectivity index is 2.52. The van der Waals surface area contributed by atoms with E-state index < -0.39 is 0 Å². The molecule has 94 valence electrons. The van der Waals surface area contributed by atoms with Gasteiger partial charge in [0, 0.05) is 25.0 Å². The number of hydrogen-bond donors (Lipinski definition) is 0. The molecule has 17 heavy (non-hydrogen) atoms. The summed E-state index contributed by atoms with van der Waals surface area (Å²) in [7, 11) is 2.04. The third-order valence-corrected chi connectivity index (χ3v) is 3.98. The van der Waals surface area contributed by atoms with E-state index in [9.17, 15) is 4.79 Å². The molecule has 0 radical (unpaired) electrons. The number of carbonyl (C=O) groups excluding carboxylic acids is 1. The number of hydrogen-bond acceptors (Lipinski definition) is 3. The largest absolute Gasteiger partial charge is 0.298 e. The Bertz CT molecular complexity index is 365. The van der Waals surface area contributed by atoms with Gasteiger partial charge in [0.2, 0.25) is 0 Å². The molecule has 0 bridgehead atoms. The van der Waals surface area contributed by atoms with Crippen LogP contribution in [0.5, 0.6) is 0 Å². The Morgan fingerprint density at radius 1 is 1.29 bits per heavy atom. The van der Waals surface area contributed by atoms with Gasteiger partial charge in [-0.3, -0.25) is 9.69 Å². The average molecular weight is 251 g/mol. The molecule has 0 aliphatic carbocycles. The highest BCUT2D eigenvalue weighted by Crippen LogP contribution is 2.12. The highest BCUT2D eigenvalue weighted by Gasteiger charge is 2.16. The molecule has 0 fully saturated rings. The van der Waals surface area contributed by atoms with E-state index >= 15 is 0 Å². The molecule has 0 aliphatic rings. The molecule has 0 amide bonds. The lowest BCUT2D eigenvalue weighted by Gasteiger charge is -2.30. The van der Waals surface area contributed by atoms with Gasteiger partial charge in [-0.2, -0.15) is 0 Å². The molecule has 0 saturated heterocycles. The molecule has 0 saturated carbocycles. The minimum Gasteiger partial charge on any atom is -0.298 e. The minimum atomic E-state index is 0.273. The fourth-order valence-corrected chi connectivity index (χ4v) is 2.89. The summed E-state index contributed by atoms with van der Waals surface area (Å²) in [6.45, 7) is 9.57. The van der Waals surface area contributed by atoms with Crippen molar-refractivity contribution in [2.24, 2.45) is 0 Å². The van der Waals surface area contributed by atoms with E-state index in [-0.39, 0.29) is 5.78 Å². The summed E-state index contributed by atoms with van der Waals surface area (Å²) in [4.78, 5) is 15.2. The summed E-state index contributed by atoms with van der Waals surface area (Å²) in [6, 6.07) is 4.94. The van der Waals surface area contributed by atoms with E-state index in [2.05, 4.69) is 32.6 Å². The molecule has 0 aliphatic heterocycles. The van der Waals surface area contributed by atoms with Crippen LogP contribution in [0.25, 0.3) is 0 Å². The molecular formula is C13H22BNOS. The molecule has 2 nitrogen and oxygen atoms in total. The SMILES string of the molecule is Bc1ccc(C(=O)CCN(C(C)C)C(C)C)s1. The maximum Gasteiger partial charge on any atom is 0.174 e. The average Bonchev–Trinajstić information content (AvgIpc) is 2.63. The third kappa shape index (κ3) is 4.28. The lowest BCUT2D eigenvalue weighted by Crippen LogP contribution is -2.38. The van der Waals surface area contributed by atoms with E-state index in [1.54, 1.807) is 11.3 Å².